The molecule has 6 aromatic heterocycles. The molecule has 0 aliphatic heterocycles. The van der Waals surface area contributed by atoms with Crippen molar-refractivity contribution in [3.8, 4) is 34.2 Å². The highest BCUT2D eigenvalue weighted by Gasteiger charge is 2.22. The summed E-state index contributed by atoms with van der Waals surface area (Å²) < 4.78 is 17.7. The Morgan fingerprint density at radius 3 is 1.60 bits per heavy atom. The molecule has 10 heteroatoms. The van der Waals surface area contributed by atoms with Crippen molar-refractivity contribution in [2.75, 3.05) is 0 Å². The van der Waals surface area contributed by atoms with E-state index in [2.05, 4.69) is 187 Å². The molecule has 1 aliphatic carbocycles. The first-order valence-electron chi connectivity index (χ1n) is 21.3. The third-order valence-electron chi connectivity index (χ3n) is 12.6. The number of rotatable bonds is 5. The number of oxazole rings is 1. The van der Waals surface area contributed by atoms with Gasteiger partial charge in [0.15, 0.2) is 5.58 Å². The van der Waals surface area contributed by atoms with Gasteiger partial charge in [0.1, 0.15) is 11.3 Å². The normalized spacial score (nSPS) is 14.6. The number of para-hydroxylation sites is 8. The molecule has 13 aromatic rings. The van der Waals surface area contributed by atoms with Gasteiger partial charge in [-0.1, -0.05) is 67.6 Å². The van der Waals surface area contributed by atoms with E-state index in [1.165, 1.54) is 0 Å². The molecule has 0 fully saturated rings. The van der Waals surface area contributed by atoms with Gasteiger partial charge in [0.05, 0.1) is 55.2 Å². The molecule has 1 aliphatic rings. The van der Waals surface area contributed by atoms with Crippen LogP contribution in [0.3, 0.4) is 0 Å². The van der Waals surface area contributed by atoms with Gasteiger partial charge in [0.25, 0.3) is 0 Å². The molecule has 0 spiro atoms. The smallest absolute Gasteiger partial charge is 0.227 e. The Labute approximate surface area is 358 Å². The molecule has 1 atom stereocenters. The van der Waals surface area contributed by atoms with Crippen LogP contribution in [0.4, 0.5) is 0 Å². The molecule has 7 aromatic carbocycles. The fraction of sp³-hybridized carbons (Fsp3) is 0.0566. The van der Waals surface area contributed by atoms with Crippen LogP contribution in [-0.4, -0.2) is 42.4 Å². The van der Waals surface area contributed by atoms with Crippen LogP contribution in [0, 0.1) is 5.92 Å². The van der Waals surface area contributed by atoms with Gasteiger partial charge in [0, 0.05) is 34.3 Å². The van der Waals surface area contributed by atoms with E-state index < -0.39 is 0 Å². The van der Waals surface area contributed by atoms with Gasteiger partial charge >= 0.3 is 0 Å². The monoisotopic (exact) mass is 813 g/mol. The highest BCUT2D eigenvalue weighted by molar-refractivity contribution is 5.97. The van der Waals surface area contributed by atoms with Crippen molar-refractivity contribution in [3.63, 3.8) is 0 Å². The summed E-state index contributed by atoms with van der Waals surface area (Å²) >= 11 is 0. The molecular weight excluding hydrogens is 779 g/mol. The first kappa shape index (κ1) is 34.2. The zero-order chi connectivity index (χ0) is 41.3. The number of fused-ring (bicyclic) bond motifs is 12. The summed E-state index contributed by atoms with van der Waals surface area (Å²) in [5.74, 6) is 3.57. The molecule has 298 valence electrons. The minimum absolute atomic E-state index is 0.394. The number of nitrogens with zero attached hydrogens (tertiary/aromatic N) is 9. The van der Waals surface area contributed by atoms with Crippen LogP contribution in [0.15, 0.2) is 180 Å². The van der Waals surface area contributed by atoms with Gasteiger partial charge in [-0.3, -0.25) is 22.5 Å². The number of imidazole rings is 5. The molecule has 6 heterocycles. The summed E-state index contributed by atoms with van der Waals surface area (Å²) in [6, 6.07) is 54.7. The van der Waals surface area contributed by atoms with E-state index in [0.29, 0.717) is 17.4 Å². The maximum atomic E-state index is 6.52. The third-order valence-corrected chi connectivity index (χ3v) is 12.6. The quantitative estimate of drug-likeness (QED) is 0.173. The standard InChI is InChI=1S/C53H35N9O/c1-32-11-10-12-37(29-32)58-48-30-41-49(63-51(55-41)34-23-27-36(28-24-34)60-45-18-7-9-20-47(45)62-43-16-5-3-14-39(43)57-53(60)62)31-40(48)54-50(58)33-21-25-35(26-22-33)59-44-17-6-8-19-46(44)61-42-15-4-2-13-38(42)56-52(59)61/h2-10,12-32H,11H2,1H3. The second-order valence-corrected chi connectivity index (χ2v) is 16.5. The summed E-state index contributed by atoms with van der Waals surface area (Å²) in [4.78, 5) is 20.5. The second kappa shape index (κ2) is 12.8. The Bertz CT molecular complexity index is 4070. The van der Waals surface area contributed by atoms with Crippen molar-refractivity contribution in [1.29, 1.82) is 0 Å². The second-order valence-electron chi connectivity index (χ2n) is 16.5. The van der Waals surface area contributed by atoms with Crippen molar-refractivity contribution in [2.24, 2.45) is 5.92 Å². The molecule has 10 nitrogen and oxygen atoms in total. The van der Waals surface area contributed by atoms with Gasteiger partial charge in [0.2, 0.25) is 17.4 Å². The molecular formula is C53H35N9O. The van der Waals surface area contributed by atoms with Crippen LogP contribution >= 0.6 is 0 Å². The van der Waals surface area contributed by atoms with E-state index in [1.54, 1.807) is 0 Å². The van der Waals surface area contributed by atoms with Gasteiger partial charge in [-0.2, -0.15) is 0 Å². The molecule has 14 rings (SSSR count). The minimum atomic E-state index is 0.394. The maximum Gasteiger partial charge on any atom is 0.227 e. The Balaban J connectivity index is 0.862. The average molecular weight is 814 g/mol. The molecule has 0 saturated carbocycles. The average Bonchev–Trinajstić information content (AvgIpc) is 4.17. The predicted molar refractivity (Wildman–Crippen MR) is 252 cm³/mol. The summed E-state index contributed by atoms with van der Waals surface area (Å²) in [6.07, 6.45) is 7.79. The van der Waals surface area contributed by atoms with Crippen LogP contribution in [0.2, 0.25) is 0 Å². The van der Waals surface area contributed by atoms with Crippen molar-refractivity contribution in [1.82, 2.24) is 42.4 Å². The van der Waals surface area contributed by atoms with Gasteiger partial charge < -0.3 is 4.42 Å². The summed E-state index contributed by atoms with van der Waals surface area (Å²) in [6.45, 7) is 2.25. The largest absolute Gasteiger partial charge is 0.436 e. The maximum absolute atomic E-state index is 6.52. The number of hydrogen-bond acceptors (Lipinski definition) is 5. The summed E-state index contributed by atoms with van der Waals surface area (Å²) in [5, 5.41) is 0. The van der Waals surface area contributed by atoms with E-state index in [1.807, 2.05) is 18.2 Å². The third kappa shape index (κ3) is 4.94. The van der Waals surface area contributed by atoms with Gasteiger partial charge in [-0.25, -0.2) is 19.9 Å². The fourth-order valence-corrected chi connectivity index (χ4v) is 9.77. The van der Waals surface area contributed by atoms with Crippen molar-refractivity contribution in [3.05, 3.63) is 176 Å². The number of aromatic nitrogens is 9. The van der Waals surface area contributed by atoms with Crippen LogP contribution in [0.25, 0.3) is 118 Å². The summed E-state index contributed by atoms with van der Waals surface area (Å²) in [7, 11) is 0. The Morgan fingerprint density at radius 2 is 1.02 bits per heavy atom. The van der Waals surface area contributed by atoms with E-state index in [-0.39, 0.29) is 0 Å². The molecule has 0 amide bonds. The highest BCUT2D eigenvalue weighted by Crippen LogP contribution is 2.37. The Morgan fingerprint density at radius 1 is 0.476 bits per heavy atom. The summed E-state index contributed by atoms with van der Waals surface area (Å²) in [5.41, 5.74) is 16.8. The Kier molecular flexibility index (Phi) is 6.93. The molecule has 0 radical (unpaired) electrons. The number of allylic oxidation sites excluding steroid dienone is 4. The van der Waals surface area contributed by atoms with Crippen molar-refractivity contribution >= 4 is 83.5 Å². The predicted octanol–water partition coefficient (Wildman–Crippen LogP) is 12.4. The lowest BCUT2D eigenvalue weighted by molar-refractivity contribution is 0.620. The molecule has 0 N–H and O–H groups in total. The van der Waals surface area contributed by atoms with E-state index in [4.69, 9.17) is 24.4 Å². The van der Waals surface area contributed by atoms with Crippen molar-refractivity contribution in [2.45, 2.75) is 13.3 Å². The first-order valence-corrected chi connectivity index (χ1v) is 21.3. The zero-order valence-corrected chi connectivity index (χ0v) is 34.0. The molecule has 0 saturated heterocycles. The van der Waals surface area contributed by atoms with Crippen LogP contribution in [-0.2, 0) is 0 Å². The lowest BCUT2D eigenvalue weighted by Gasteiger charge is -2.16. The van der Waals surface area contributed by atoms with Gasteiger partial charge in [-0.05, 0) is 122 Å². The topological polar surface area (TPSA) is 88.3 Å². The highest BCUT2D eigenvalue weighted by atomic mass is 16.3. The zero-order valence-electron chi connectivity index (χ0n) is 34.0. The lowest BCUT2D eigenvalue weighted by atomic mass is 10.0. The molecule has 1 unspecified atom stereocenters. The van der Waals surface area contributed by atoms with E-state index in [0.717, 1.165) is 113 Å². The first-order chi connectivity index (χ1) is 31.1. The lowest BCUT2D eigenvalue weighted by Crippen LogP contribution is -2.04. The fourth-order valence-electron chi connectivity index (χ4n) is 9.77. The Hall–Kier alpha value is -8.50. The van der Waals surface area contributed by atoms with Crippen LogP contribution in [0.1, 0.15) is 13.3 Å². The molecule has 0 bridgehead atoms. The molecule has 63 heavy (non-hydrogen) atoms. The number of hydrogen-bond donors (Lipinski definition) is 0. The van der Waals surface area contributed by atoms with Crippen LogP contribution in [0.5, 0.6) is 0 Å². The SMILES string of the molecule is CC1C=C(n2c(-c3ccc(-n4c5ccccc5n5c6ccccc6nc45)cc3)nc3cc4oc(-c5ccc(-n6c7ccccc7n7c8ccccc8nc67)cc5)nc4cc32)C=CC1. The van der Waals surface area contributed by atoms with Crippen LogP contribution < -0.4 is 0 Å². The number of benzene rings is 7. The van der Waals surface area contributed by atoms with E-state index in [9.17, 15) is 0 Å². The van der Waals surface area contributed by atoms with E-state index >= 15 is 0 Å². The minimum Gasteiger partial charge on any atom is -0.436 e. The van der Waals surface area contributed by atoms with Gasteiger partial charge in [-0.15, -0.1) is 0 Å². The van der Waals surface area contributed by atoms with Crippen molar-refractivity contribution < 1.29 is 4.42 Å².